The van der Waals surface area contributed by atoms with Crippen LogP contribution >= 0.6 is 0 Å². The third-order valence-corrected chi connectivity index (χ3v) is 4.74. The van der Waals surface area contributed by atoms with E-state index in [1.54, 1.807) is 4.90 Å². The maximum absolute atomic E-state index is 12.7. The highest BCUT2D eigenvalue weighted by molar-refractivity contribution is 5.87. The molecule has 6 nitrogen and oxygen atoms in total. The van der Waals surface area contributed by atoms with Gasteiger partial charge in [0.25, 0.3) is 0 Å². The molecular weight excluding hydrogens is 320 g/mol. The number of nitrogens with one attached hydrogen (secondary N) is 1. The molecule has 25 heavy (non-hydrogen) atoms. The summed E-state index contributed by atoms with van der Waals surface area (Å²) >= 11 is 0. The predicted octanol–water partition coefficient (Wildman–Crippen LogP) is 2.36. The molecule has 1 N–H and O–H groups in total. The largest absolute Gasteiger partial charge is 0.378 e. The molecule has 1 aliphatic heterocycles. The first-order chi connectivity index (χ1) is 12.1. The highest BCUT2D eigenvalue weighted by Gasteiger charge is 2.32. The Balaban J connectivity index is 0.00000151. The van der Waals surface area contributed by atoms with E-state index in [2.05, 4.69) is 5.32 Å². The SMILES string of the molecule is CC.CC(=O)NC(C(=O)N1CCOCC1)C(C)OCC1CCCCC1. The molecule has 1 aliphatic carbocycles. The van der Waals surface area contributed by atoms with Crippen LogP contribution in [0.15, 0.2) is 0 Å². The molecule has 2 rings (SSSR count). The van der Waals surface area contributed by atoms with Gasteiger partial charge in [0.05, 0.1) is 19.3 Å². The van der Waals surface area contributed by atoms with Crippen molar-refractivity contribution in [1.82, 2.24) is 10.2 Å². The van der Waals surface area contributed by atoms with Gasteiger partial charge in [-0.05, 0) is 25.7 Å². The van der Waals surface area contributed by atoms with Crippen LogP contribution in [0.4, 0.5) is 0 Å². The molecule has 2 aliphatic rings. The topological polar surface area (TPSA) is 67.9 Å². The molecule has 1 saturated heterocycles. The van der Waals surface area contributed by atoms with Crippen molar-refractivity contribution in [3.63, 3.8) is 0 Å². The van der Waals surface area contributed by atoms with E-state index in [1.165, 1.54) is 39.0 Å². The molecule has 2 atom stereocenters. The van der Waals surface area contributed by atoms with Gasteiger partial charge in [-0.25, -0.2) is 0 Å². The fraction of sp³-hybridized carbons (Fsp3) is 0.895. The van der Waals surface area contributed by atoms with Gasteiger partial charge >= 0.3 is 0 Å². The molecule has 2 fully saturated rings. The molecule has 1 heterocycles. The lowest BCUT2D eigenvalue weighted by atomic mass is 9.90. The Hall–Kier alpha value is -1.14. The molecule has 1 saturated carbocycles. The summed E-state index contributed by atoms with van der Waals surface area (Å²) in [6.45, 7) is 10.2. The molecular formula is C19H36N2O4. The first-order valence-electron chi connectivity index (χ1n) is 9.83. The van der Waals surface area contributed by atoms with E-state index in [9.17, 15) is 9.59 Å². The number of morpholine rings is 1. The fourth-order valence-corrected chi connectivity index (χ4v) is 3.32. The standard InChI is InChI=1S/C17H30N2O4.C2H6/c1-13(23-12-15-6-4-3-5-7-15)16(18-14(2)20)17(21)19-8-10-22-11-9-19;1-2/h13,15-16H,3-12H2,1-2H3,(H,18,20);1-2H3. The van der Waals surface area contributed by atoms with Crippen molar-refractivity contribution < 1.29 is 19.1 Å². The number of rotatable bonds is 6. The summed E-state index contributed by atoms with van der Waals surface area (Å²) in [6, 6.07) is -0.616. The summed E-state index contributed by atoms with van der Waals surface area (Å²) in [5.74, 6) is 0.312. The number of hydrogen-bond donors (Lipinski definition) is 1. The number of hydrogen-bond acceptors (Lipinski definition) is 4. The highest BCUT2D eigenvalue weighted by Crippen LogP contribution is 2.24. The zero-order valence-corrected chi connectivity index (χ0v) is 16.4. The molecule has 0 radical (unpaired) electrons. The van der Waals surface area contributed by atoms with E-state index in [0.29, 0.717) is 38.8 Å². The van der Waals surface area contributed by atoms with Crippen LogP contribution in [0.1, 0.15) is 59.8 Å². The van der Waals surface area contributed by atoms with Gasteiger partial charge in [-0.3, -0.25) is 9.59 Å². The van der Waals surface area contributed by atoms with Crippen LogP contribution in [0.25, 0.3) is 0 Å². The average molecular weight is 357 g/mol. The lowest BCUT2D eigenvalue weighted by Crippen LogP contribution is -2.56. The van der Waals surface area contributed by atoms with Crippen molar-refractivity contribution in [1.29, 1.82) is 0 Å². The summed E-state index contributed by atoms with van der Waals surface area (Å²) in [7, 11) is 0. The smallest absolute Gasteiger partial charge is 0.248 e. The van der Waals surface area contributed by atoms with Crippen molar-refractivity contribution in [2.45, 2.75) is 71.9 Å². The Bertz CT molecular complexity index is 391. The van der Waals surface area contributed by atoms with Gasteiger partial charge in [-0.1, -0.05) is 33.1 Å². The maximum Gasteiger partial charge on any atom is 0.248 e. The van der Waals surface area contributed by atoms with Gasteiger partial charge in [0.2, 0.25) is 11.8 Å². The van der Waals surface area contributed by atoms with Gasteiger partial charge in [-0.15, -0.1) is 0 Å². The first-order valence-corrected chi connectivity index (χ1v) is 9.83. The molecule has 6 heteroatoms. The molecule has 0 aromatic rings. The van der Waals surface area contributed by atoms with Crippen molar-refractivity contribution >= 4 is 11.8 Å². The lowest BCUT2D eigenvalue weighted by Gasteiger charge is -2.33. The molecule has 0 bridgehead atoms. The number of carbonyl (C=O) groups excluding carboxylic acids is 2. The second-order valence-electron chi connectivity index (χ2n) is 6.66. The second-order valence-corrected chi connectivity index (χ2v) is 6.66. The molecule has 2 amide bonds. The minimum Gasteiger partial charge on any atom is -0.378 e. The van der Waals surface area contributed by atoms with Gasteiger partial charge in [-0.2, -0.15) is 0 Å². The van der Waals surface area contributed by atoms with Crippen LogP contribution < -0.4 is 5.32 Å². The number of carbonyl (C=O) groups is 2. The normalized spacial score (nSPS) is 20.9. The lowest BCUT2D eigenvalue weighted by molar-refractivity contribution is -0.144. The molecule has 0 spiro atoms. The van der Waals surface area contributed by atoms with Gasteiger partial charge in [0.15, 0.2) is 0 Å². The third kappa shape index (κ3) is 7.74. The Labute approximate surface area is 152 Å². The molecule has 2 unspecified atom stereocenters. The van der Waals surface area contributed by atoms with Crippen molar-refractivity contribution in [3.8, 4) is 0 Å². The van der Waals surface area contributed by atoms with Crippen molar-refractivity contribution in [3.05, 3.63) is 0 Å². The minimum atomic E-state index is -0.616. The van der Waals surface area contributed by atoms with E-state index in [-0.39, 0.29) is 17.9 Å². The summed E-state index contributed by atoms with van der Waals surface area (Å²) < 4.78 is 11.2. The summed E-state index contributed by atoms with van der Waals surface area (Å²) in [5.41, 5.74) is 0. The second kappa shape index (κ2) is 12.3. The Morgan fingerprint density at radius 1 is 1.16 bits per heavy atom. The molecule has 0 aromatic heterocycles. The average Bonchev–Trinajstić information content (AvgIpc) is 2.66. The van der Waals surface area contributed by atoms with Crippen LogP contribution in [-0.2, 0) is 19.1 Å². The number of amides is 2. The van der Waals surface area contributed by atoms with E-state index < -0.39 is 6.04 Å². The van der Waals surface area contributed by atoms with Gasteiger partial charge in [0, 0.05) is 26.6 Å². The minimum absolute atomic E-state index is 0.0698. The number of ether oxygens (including phenoxy) is 2. The summed E-state index contributed by atoms with van der Waals surface area (Å²) in [4.78, 5) is 25.9. The van der Waals surface area contributed by atoms with Gasteiger partial charge in [0.1, 0.15) is 6.04 Å². The van der Waals surface area contributed by atoms with Crippen LogP contribution in [0.3, 0.4) is 0 Å². The van der Waals surface area contributed by atoms with Crippen LogP contribution in [0, 0.1) is 5.92 Å². The highest BCUT2D eigenvalue weighted by atomic mass is 16.5. The van der Waals surface area contributed by atoms with E-state index in [4.69, 9.17) is 9.47 Å². The summed E-state index contributed by atoms with van der Waals surface area (Å²) in [5, 5.41) is 2.77. The van der Waals surface area contributed by atoms with Crippen molar-refractivity contribution in [2.24, 2.45) is 5.92 Å². The predicted molar refractivity (Wildman–Crippen MR) is 98.3 cm³/mol. The quantitative estimate of drug-likeness (QED) is 0.793. The van der Waals surface area contributed by atoms with Crippen molar-refractivity contribution in [2.75, 3.05) is 32.9 Å². The monoisotopic (exact) mass is 356 g/mol. The summed E-state index contributed by atoms with van der Waals surface area (Å²) in [6.07, 6.45) is 5.94. The zero-order valence-electron chi connectivity index (χ0n) is 16.4. The van der Waals surface area contributed by atoms with E-state index >= 15 is 0 Å². The molecule has 146 valence electrons. The third-order valence-electron chi connectivity index (χ3n) is 4.74. The Morgan fingerprint density at radius 2 is 1.76 bits per heavy atom. The van der Waals surface area contributed by atoms with Crippen LogP contribution in [0.5, 0.6) is 0 Å². The van der Waals surface area contributed by atoms with E-state index in [0.717, 1.165) is 0 Å². The first kappa shape index (κ1) is 21.9. The van der Waals surface area contributed by atoms with Gasteiger partial charge < -0.3 is 19.7 Å². The Morgan fingerprint density at radius 3 is 2.32 bits per heavy atom. The van der Waals surface area contributed by atoms with Crippen LogP contribution in [-0.4, -0.2) is 61.8 Å². The molecule has 0 aromatic carbocycles. The zero-order chi connectivity index (χ0) is 18.7. The number of nitrogens with zero attached hydrogens (tertiary/aromatic N) is 1. The van der Waals surface area contributed by atoms with E-state index in [1.807, 2.05) is 20.8 Å². The Kier molecular flexibility index (Phi) is 10.7. The van der Waals surface area contributed by atoms with Crippen LogP contribution in [0.2, 0.25) is 0 Å². The fourth-order valence-electron chi connectivity index (χ4n) is 3.32. The maximum atomic E-state index is 12.7.